The SMILES string of the molecule is Cn1cnc(CCNC(=O)[C@@H]2C[C@@H]2C(=O)O)n1. The molecule has 92 valence electrons. The van der Waals surface area contributed by atoms with E-state index in [1.54, 1.807) is 18.1 Å². The number of rotatable bonds is 5. The van der Waals surface area contributed by atoms with E-state index in [2.05, 4.69) is 15.4 Å². The summed E-state index contributed by atoms with van der Waals surface area (Å²) in [4.78, 5) is 26.1. The van der Waals surface area contributed by atoms with Gasteiger partial charge in [-0.15, -0.1) is 0 Å². The van der Waals surface area contributed by atoms with E-state index in [1.165, 1.54) is 0 Å². The highest BCUT2D eigenvalue weighted by molar-refractivity contribution is 5.89. The van der Waals surface area contributed by atoms with Crippen LogP contribution < -0.4 is 5.32 Å². The lowest BCUT2D eigenvalue weighted by molar-refractivity contribution is -0.140. The molecule has 1 amide bonds. The van der Waals surface area contributed by atoms with Crippen LogP contribution in [0.1, 0.15) is 12.2 Å². The van der Waals surface area contributed by atoms with Crippen molar-refractivity contribution >= 4 is 11.9 Å². The number of carboxylic acid groups (broad SMARTS) is 1. The van der Waals surface area contributed by atoms with Gasteiger partial charge in [0.15, 0.2) is 5.82 Å². The van der Waals surface area contributed by atoms with Gasteiger partial charge in [0.2, 0.25) is 5.91 Å². The summed E-state index contributed by atoms with van der Waals surface area (Å²) in [5, 5.41) is 15.4. The number of nitrogens with zero attached hydrogens (tertiary/aromatic N) is 3. The van der Waals surface area contributed by atoms with Crippen LogP contribution in [0.15, 0.2) is 6.33 Å². The van der Waals surface area contributed by atoms with E-state index in [0.29, 0.717) is 25.2 Å². The predicted octanol–water partition coefficient (Wildman–Crippen LogP) is -0.805. The number of carboxylic acids is 1. The first-order valence-corrected chi connectivity index (χ1v) is 5.43. The molecule has 7 nitrogen and oxygen atoms in total. The topological polar surface area (TPSA) is 97.1 Å². The first kappa shape index (κ1) is 11.6. The van der Waals surface area contributed by atoms with Gasteiger partial charge in [-0.3, -0.25) is 14.3 Å². The van der Waals surface area contributed by atoms with Crippen LogP contribution >= 0.6 is 0 Å². The number of amides is 1. The number of hydrogen-bond donors (Lipinski definition) is 2. The number of hydrogen-bond acceptors (Lipinski definition) is 4. The van der Waals surface area contributed by atoms with Crippen molar-refractivity contribution < 1.29 is 14.7 Å². The first-order valence-electron chi connectivity index (χ1n) is 5.43. The van der Waals surface area contributed by atoms with E-state index in [1.807, 2.05) is 0 Å². The highest BCUT2D eigenvalue weighted by atomic mass is 16.4. The maximum absolute atomic E-state index is 11.5. The van der Waals surface area contributed by atoms with Gasteiger partial charge < -0.3 is 10.4 Å². The highest BCUT2D eigenvalue weighted by Crippen LogP contribution is 2.38. The number of nitrogens with one attached hydrogen (secondary N) is 1. The second-order valence-electron chi connectivity index (χ2n) is 4.16. The monoisotopic (exact) mass is 238 g/mol. The maximum Gasteiger partial charge on any atom is 0.307 e. The Labute approximate surface area is 97.8 Å². The average Bonchev–Trinajstić information content (AvgIpc) is 2.97. The molecule has 0 radical (unpaired) electrons. The summed E-state index contributed by atoms with van der Waals surface area (Å²) in [6.07, 6.45) is 2.60. The summed E-state index contributed by atoms with van der Waals surface area (Å²) in [5.41, 5.74) is 0. The van der Waals surface area contributed by atoms with Gasteiger partial charge in [0.1, 0.15) is 6.33 Å². The summed E-state index contributed by atoms with van der Waals surface area (Å²) < 4.78 is 1.60. The van der Waals surface area contributed by atoms with E-state index in [-0.39, 0.29) is 11.8 Å². The highest BCUT2D eigenvalue weighted by Gasteiger charge is 2.48. The fraction of sp³-hybridized carbons (Fsp3) is 0.600. The summed E-state index contributed by atoms with van der Waals surface area (Å²) in [5.74, 6) is -1.27. The van der Waals surface area contributed by atoms with Crippen LogP contribution in [0.2, 0.25) is 0 Å². The minimum atomic E-state index is -0.892. The molecule has 2 rings (SSSR count). The molecule has 0 bridgehead atoms. The van der Waals surface area contributed by atoms with Crippen LogP contribution in [0.4, 0.5) is 0 Å². The Morgan fingerprint density at radius 1 is 1.59 bits per heavy atom. The largest absolute Gasteiger partial charge is 0.481 e. The van der Waals surface area contributed by atoms with E-state index in [4.69, 9.17) is 5.11 Å². The average molecular weight is 238 g/mol. The molecule has 0 aliphatic heterocycles. The van der Waals surface area contributed by atoms with Crippen molar-refractivity contribution in [2.75, 3.05) is 6.54 Å². The van der Waals surface area contributed by atoms with E-state index in [9.17, 15) is 9.59 Å². The third kappa shape index (κ3) is 2.80. The molecule has 1 aliphatic carbocycles. The Morgan fingerprint density at radius 2 is 2.35 bits per heavy atom. The lowest BCUT2D eigenvalue weighted by Crippen LogP contribution is -2.28. The maximum atomic E-state index is 11.5. The minimum absolute atomic E-state index is 0.187. The van der Waals surface area contributed by atoms with Crippen molar-refractivity contribution in [1.82, 2.24) is 20.1 Å². The molecule has 1 heterocycles. The van der Waals surface area contributed by atoms with Crippen molar-refractivity contribution in [2.45, 2.75) is 12.8 Å². The van der Waals surface area contributed by atoms with Gasteiger partial charge in [0.25, 0.3) is 0 Å². The van der Waals surface area contributed by atoms with Crippen molar-refractivity contribution in [2.24, 2.45) is 18.9 Å². The first-order chi connectivity index (χ1) is 8.08. The molecule has 0 spiro atoms. The molecule has 1 aromatic heterocycles. The van der Waals surface area contributed by atoms with Gasteiger partial charge in [0.05, 0.1) is 11.8 Å². The number of aromatic nitrogens is 3. The molecule has 2 N–H and O–H groups in total. The van der Waals surface area contributed by atoms with Gasteiger partial charge in [-0.25, -0.2) is 4.98 Å². The Hall–Kier alpha value is -1.92. The molecule has 1 fully saturated rings. The predicted molar refractivity (Wildman–Crippen MR) is 56.9 cm³/mol. The van der Waals surface area contributed by atoms with Crippen LogP contribution in [-0.2, 0) is 23.1 Å². The fourth-order valence-electron chi connectivity index (χ4n) is 1.68. The lowest BCUT2D eigenvalue weighted by Gasteiger charge is -2.01. The van der Waals surface area contributed by atoms with Crippen LogP contribution in [0.5, 0.6) is 0 Å². The molecular weight excluding hydrogens is 224 g/mol. The van der Waals surface area contributed by atoms with Gasteiger partial charge in [-0.1, -0.05) is 0 Å². The molecular formula is C10H14N4O3. The quantitative estimate of drug-likeness (QED) is 0.699. The normalized spacial score (nSPS) is 22.2. The summed E-state index contributed by atoms with van der Waals surface area (Å²) in [6.45, 7) is 0.436. The molecule has 2 atom stereocenters. The van der Waals surface area contributed by atoms with Crippen LogP contribution in [-0.4, -0.2) is 38.3 Å². The van der Waals surface area contributed by atoms with Gasteiger partial charge in [-0.05, 0) is 6.42 Å². The third-order valence-corrected chi connectivity index (χ3v) is 2.74. The summed E-state index contributed by atoms with van der Waals surface area (Å²) >= 11 is 0. The Morgan fingerprint density at radius 3 is 2.88 bits per heavy atom. The number of aliphatic carboxylic acids is 1. The van der Waals surface area contributed by atoms with Crippen LogP contribution in [0.3, 0.4) is 0 Å². The minimum Gasteiger partial charge on any atom is -0.481 e. The molecule has 1 saturated carbocycles. The van der Waals surface area contributed by atoms with Crippen molar-refractivity contribution in [3.63, 3.8) is 0 Å². The van der Waals surface area contributed by atoms with Crippen LogP contribution in [0, 0.1) is 11.8 Å². The zero-order valence-corrected chi connectivity index (χ0v) is 9.46. The summed E-state index contributed by atoms with van der Waals surface area (Å²) in [6, 6.07) is 0. The Bertz CT molecular complexity index is 443. The zero-order valence-electron chi connectivity index (χ0n) is 9.46. The molecule has 0 aromatic carbocycles. The second kappa shape index (κ2) is 4.52. The molecule has 1 aromatic rings. The van der Waals surface area contributed by atoms with Gasteiger partial charge >= 0.3 is 5.97 Å². The Kier molecular flexibility index (Phi) is 3.08. The Balaban J connectivity index is 1.69. The lowest BCUT2D eigenvalue weighted by atomic mass is 10.3. The van der Waals surface area contributed by atoms with E-state index in [0.717, 1.165) is 0 Å². The molecule has 1 aliphatic rings. The van der Waals surface area contributed by atoms with Crippen molar-refractivity contribution in [1.29, 1.82) is 0 Å². The van der Waals surface area contributed by atoms with Crippen LogP contribution in [0.25, 0.3) is 0 Å². The van der Waals surface area contributed by atoms with E-state index < -0.39 is 11.9 Å². The zero-order chi connectivity index (χ0) is 12.4. The number of aryl methyl sites for hydroxylation is 1. The fourth-order valence-corrected chi connectivity index (χ4v) is 1.68. The van der Waals surface area contributed by atoms with Gasteiger partial charge in [-0.2, -0.15) is 5.10 Å². The number of carbonyl (C=O) groups is 2. The third-order valence-electron chi connectivity index (χ3n) is 2.74. The molecule has 17 heavy (non-hydrogen) atoms. The van der Waals surface area contributed by atoms with E-state index >= 15 is 0 Å². The summed E-state index contributed by atoms with van der Waals surface area (Å²) in [7, 11) is 1.77. The van der Waals surface area contributed by atoms with Crippen molar-refractivity contribution in [3.8, 4) is 0 Å². The second-order valence-corrected chi connectivity index (χ2v) is 4.16. The smallest absolute Gasteiger partial charge is 0.307 e. The molecule has 0 unspecified atom stereocenters. The molecule has 7 heteroatoms. The molecule has 0 saturated heterocycles. The standard InChI is InChI=1S/C10H14N4O3/c1-14-5-12-8(13-14)2-3-11-9(15)6-4-7(6)10(16)17/h5-7H,2-4H2,1H3,(H,11,15)(H,16,17)/t6-,7+/m1/s1. The van der Waals surface area contributed by atoms with Crippen molar-refractivity contribution in [3.05, 3.63) is 12.2 Å². The number of carbonyl (C=O) groups excluding carboxylic acids is 1. The van der Waals surface area contributed by atoms with Gasteiger partial charge in [0, 0.05) is 20.0 Å².